The zero-order valence-electron chi connectivity index (χ0n) is 8.87. The zero-order valence-corrected chi connectivity index (χ0v) is 8.87. The van der Waals surface area contributed by atoms with Gasteiger partial charge in [-0.05, 0) is 6.07 Å². The molecular weight excluding hydrogens is 230 g/mol. The summed E-state index contributed by atoms with van der Waals surface area (Å²) in [5, 5.41) is 8.96. The fraction of sp³-hybridized carbons (Fsp3) is 0.300. The van der Waals surface area contributed by atoms with Crippen molar-refractivity contribution in [2.75, 3.05) is 13.7 Å². The fourth-order valence-corrected chi connectivity index (χ4v) is 1.76. The lowest BCUT2D eigenvalue weighted by molar-refractivity contribution is -0.147. The lowest BCUT2D eigenvalue weighted by atomic mass is 10.00. The molecule has 90 valence electrons. The number of hydrogen-bond acceptors (Lipinski definition) is 5. The molecule has 1 aromatic heterocycles. The van der Waals surface area contributed by atoms with E-state index < -0.39 is 23.9 Å². The van der Waals surface area contributed by atoms with Gasteiger partial charge in [0.15, 0.2) is 11.8 Å². The second-order valence-electron chi connectivity index (χ2n) is 3.46. The molecule has 2 heterocycles. The highest BCUT2D eigenvalue weighted by Gasteiger charge is 2.42. The lowest BCUT2D eigenvalue weighted by Crippen LogP contribution is -2.45. The van der Waals surface area contributed by atoms with Crippen LogP contribution in [-0.4, -0.2) is 41.5 Å². The smallest absolute Gasteiger partial charge is 0.408 e. The Kier molecular flexibility index (Phi) is 2.58. The largest absolute Gasteiger partial charge is 0.467 e. The summed E-state index contributed by atoms with van der Waals surface area (Å²) < 4.78 is 9.53. The van der Waals surface area contributed by atoms with Crippen molar-refractivity contribution in [1.29, 1.82) is 0 Å². The van der Waals surface area contributed by atoms with Crippen molar-refractivity contribution < 1.29 is 28.6 Å². The normalized spacial score (nSPS) is 18.8. The summed E-state index contributed by atoms with van der Waals surface area (Å²) in [6.45, 7) is -0.387. The molecule has 1 aromatic rings. The van der Waals surface area contributed by atoms with Crippen LogP contribution in [-0.2, 0) is 9.53 Å². The minimum absolute atomic E-state index is 0.00972. The third-order valence-corrected chi connectivity index (χ3v) is 2.54. The van der Waals surface area contributed by atoms with Crippen LogP contribution >= 0.6 is 0 Å². The van der Waals surface area contributed by atoms with E-state index >= 15 is 0 Å². The molecule has 0 radical (unpaired) electrons. The number of ketones is 1. The molecule has 0 aromatic carbocycles. The van der Waals surface area contributed by atoms with E-state index in [0.29, 0.717) is 4.90 Å². The Labute approximate surface area is 95.6 Å². The van der Waals surface area contributed by atoms with Crippen molar-refractivity contribution in [2.45, 2.75) is 6.04 Å². The van der Waals surface area contributed by atoms with E-state index in [1.54, 1.807) is 0 Å². The number of methoxy groups -OCH3 is 1. The third kappa shape index (κ3) is 1.65. The van der Waals surface area contributed by atoms with Crippen molar-refractivity contribution >= 4 is 17.8 Å². The highest BCUT2D eigenvalue weighted by molar-refractivity contribution is 6.03. The van der Waals surface area contributed by atoms with Gasteiger partial charge in [-0.25, -0.2) is 9.59 Å². The number of furan rings is 1. The molecule has 2 rings (SSSR count). The number of carboxylic acid groups (broad SMARTS) is 1. The maximum atomic E-state index is 11.6. The van der Waals surface area contributed by atoms with Crippen LogP contribution in [0.1, 0.15) is 22.2 Å². The van der Waals surface area contributed by atoms with Crippen molar-refractivity contribution in [3.05, 3.63) is 23.7 Å². The predicted octanol–water partition coefficient (Wildman–Crippen LogP) is 0.670. The van der Waals surface area contributed by atoms with Crippen molar-refractivity contribution in [3.8, 4) is 0 Å². The van der Waals surface area contributed by atoms with Gasteiger partial charge < -0.3 is 14.3 Å². The van der Waals surface area contributed by atoms with Crippen LogP contribution in [0.2, 0.25) is 0 Å². The molecule has 1 aliphatic rings. The van der Waals surface area contributed by atoms with Gasteiger partial charge in [-0.2, -0.15) is 0 Å². The van der Waals surface area contributed by atoms with Crippen LogP contribution in [0.25, 0.3) is 0 Å². The van der Waals surface area contributed by atoms with Crippen molar-refractivity contribution in [3.63, 3.8) is 0 Å². The van der Waals surface area contributed by atoms with Gasteiger partial charge in [0.2, 0.25) is 0 Å². The molecule has 1 atom stereocenters. The van der Waals surface area contributed by atoms with Gasteiger partial charge in [-0.15, -0.1) is 0 Å². The summed E-state index contributed by atoms with van der Waals surface area (Å²) in [5.41, 5.74) is 0.220. The topological polar surface area (TPSA) is 97.0 Å². The first kappa shape index (κ1) is 11.2. The number of carbonyl (C=O) groups is 3. The van der Waals surface area contributed by atoms with Crippen LogP contribution in [0.15, 0.2) is 16.7 Å². The Balaban J connectivity index is 2.50. The molecule has 0 saturated carbocycles. The minimum atomic E-state index is -1.38. The zero-order chi connectivity index (χ0) is 12.6. The van der Waals surface area contributed by atoms with Crippen LogP contribution in [0, 0.1) is 0 Å². The molecule has 0 fully saturated rings. The number of amides is 1. The summed E-state index contributed by atoms with van der Waals surface area (Å²) >= 11 is 0. The molecule has 1 aliphatic heterocycles. The summed E-state index contributed by atoms with van der Waals surface area (Å²) in [6, 6.07) is 0.187. The monoisotopic (exact) mass is 239 g/mol. The molecule has 1 unspecified atom stereocenters. The Hall–Kier alpha value is -2.31. The second-order valence-corrected chi connectivity index (χ2v) is 3.46. The number of ether oxygens (including phenoxy) is 1. The molecule has 0 bridgehead atoms. The number of nitrogens with zero attached hydrogens (tertiary/aromatic N) is 1. The average molecular weight is 239 g/mol. The number of fused-ring (bicyclic) bond motifs is 1. The van der Waals surface area contributed by atoms with E-state index in [1.165, 1.54) is 12.3 Å². The van der Waals surface area contributed by atoms with E-state index in [-0.39, 0.29) is 17.9 Å². The standard InChI is InChI=1S/C10H9NO6/c1-16-9(13)7-8-5(2-3-17-8)6(12)4-11(7)10(14)15/h2-3,7H,4H2,1H3,(H,14,15). The van der Waals surface area contributed by atoms with Crippen molar-refractivity contribution in [1.82, 2.24) is 4.90 Å². The molecule has 0 saturated heterocycles. The van der Waals surface area contributed by atoms with E-state index in [0.717, 1.165) is 7.11 Å². The van der Waals surface area contributed by atoms with Crippen molar-refractivity contribution in [2.24, 2.45) is 0 Å². The summed E-state index contributed by atoms with van der Waals surface area (Å²) in [5.74, 6) is -1.18. The average Bonchev–Trinajstić information content (AvgIpc) is 2.77. The summed E-state index contributed by atoms with van der Waals surface area (Å²) in [7, 11) is 1.14. The first-order valence-electron chi connectivity index (χ1n) is 4.74. The Morgan fingerprint density at radius 1 is 1.59 bits per heavy atom. The number of hydrogen-bond donors (Lipinski definition) is 1. The van der Waals surface area contributed by atoms with Gasteiger partial charge in [0, 0.05) is 0 Å². The molecule has 0 spiro atoms. The van der Waals surface area contributed by atoms with Gasteiger partial charge in [-0.3, -0.25) is 9.69 Å². The summed E-state index contributed by atoms with van der Waals surface area (Å²) in [4.78, 5) is 34.8. The predicted molar refractivity (Wildman–Crippen MR) is 52.5 cm³/mol. The number of carbonyl (C=O) groups excluding carboxylic acids is 2. The maximum absolute atomic E-state index is 11.6. The minimum Gasteiger partial charge on any atom is -0.467 e. The van der Waals surface area contributed by atoms with E-state index in [4.69, 9.17) is 9.52 Å². The fourth-order valence-electron chi connectivity index (χ4n) is 1.76. The lowest BCUT2D eigenvalue weighted by Gasteiger charge is -2.29. The molecular formula is C10H9NO6. The highest BCUT2D eigenvalue weighted by Crippen LogP contribution is 2.31. The van der Waals surface area contributed by atoms with Crippen LogP contribution < -0.4 is 0 Å². The Bertz CT molecular complexity index is 491. The van der Waals surface area contributed by atoms with Gasteiger partial charge in [0.05, 0.1) is 25.5 Å². The molecule has 0 aliphatic carbocycles. The molecule has 17 heavy (non-hydrogen) atoms. The Morgan fingerprint density at radius 2 is 2.29 bits per heavy atom. The van der Waals surface area contributed by atoms with Crippen LogP contribution in [0.5, 0.6) is 0 Å². The summed E-state index contributed by atoms with van der Waals surface area (Å²) in [6.07, 6.45) is -0.139. The van der Waals surface area contributed by atoms with Gasteiger partial charge >= 0.3 is 12.1 Å². The number of esters is 1. The number of Topliss-reactive ketones (excluding diaryl/α,β-unsaturated/α-hetero) is 1. The quantitative estimate of drug-likeness (QED) is 0.723. The first-order chi connectivity index (χ1) is 8.06. The van der Waals surface area contributed by atoms with E-state index in [2.05, 4.69) is 4.74 Å². The third-order valence-electron chi connectivity index (χ3n) is 2.54. The molecule has 7 nitrogen and oxygen atoms in total. The van der Waals surface area contributed by atoms with Gasteiger partial charge in [0.25, 0.3) is 0 Å². The SMILES string of the molecule is COC(=O)C1c2occc2C(=O)CN1C(=O)O. The van der Waals surface area contributed by atoms with Crippen LogP contribution in [0.3, 0.4) is 0 Å². The van der Waals surface area contributed by atoms with E-state index in [1.807, 2.05) is 0 Å². The Morgan fingerprint density at radius 3 is 2.88 bits per heavy atom. The van der Waals surface area contributed by atoms with Crippen LogP contribution in [0.4, 0.5) is 4.79 Å². The van der Waals surface area contributed by atoms with Gasteiger partial charge in [0.1, 0.15) is 5.76 Å². The second kappa shape index (κ2) is 3.93. The number of rotatable bonds is 1. The highest BCUT2D eigenvalue weighted by atomic mass is 16.5. The molecule has 1 N–H and O–H groups in total. The van der Waals surface area contributed by atoms with E-state index in [9.17, 15) is 14.4 Å². The van der Waals surface area contributed by atoms with Gasteiger partial charge in [-0.1, -0.05) is 0 Å². The molecule has 7 heteroatoms. The molecule has 1 amide bonds. The maximum Gasteiger partial charge on any atom is 0.408 e. The first-order valence-corrected chi connectivity index (χ1v) is 4.74.